The largest absolute Gasteiger partial charge is 0.342 e. The molecule has 0 radical (unpaired) electrons. The number of nitrogens with zero attached hydrogens (tertiary/aromatic N) is 1. The summed E-state index contributed by atoms with van der Waals surface area (Å²) in [4.78, 5) is 7.84. The number of aromatic nitrogens is 2. The summed E-state index contributed by atoms with van der Waals surface area (Å²) in [5.41, 5.74) is 10.5. The predicted octanol–water partition coefficient (Wildman–Crippen LogP) is 2.83. The molecule has 2 rings (SSSR count). The number of nitrogens with two attached hydrogens (primary N) is 1. The van der Waals surface area contributed by atoms with Crippen molar-refractivity contribution >= 4 is 0 Å². The van der Waals surface area contributed by atoms with Crippen LogP contribution in [-0.2, 0) is 6.42 Å². The summed E-state index contributed by atoms with van der Waals surface area (Å²) in [6.45, 7) is 7.06. The molecule has 0 aliphatic carbocycles. The Morgan fingerprint density at radius 2 is 2.11 bits per heavy atom. The van der Waals surface area contributed by atoms with Crippen molar-refractivity contribution in [2.75, 3.05) is 6.54 Å². The van der Waals surface area contributed by atoms with Gasteiger partial charge in [-0.3, -0.25) is 0 Å². The molecular weight excluding hydrogens is 222 g/mol. The van der Waals surface area contributed by atoms with Crippen molar-refractivity contribution < 1.29 is 0 Å². The molecule has 0 aliphatic rings. The molecule has 0 fully saturated rings. The Morgan fingerprint density at radius 3 is 2.83 bits per heavy atom. The fraction of sp³-hybridized carbons (Fsp3) is 0.400. The molecular formula is C15H21N3. The Balaban J connectivity index is 2.26. The minimum atomic E-state index is 0.461. The fourth-order valence-electron chi connectivity index (χ4n) is 2.04. The Bertz CT molecular complexity index is 528. The zero-order chi connectivity index (χ0) is 13.1. The van der Waals surface area contributed by atoms with E-state index in [1.165, 1.54) is 16.7 Å². The van der Waals surface area contributed by atoms with Crippen LogP contribution in [0.5, 0.6) is 0 Å². The van der Waals surface area contributed by atoms with Crippen molar-refractivity contribution in [3.05, 3.63) is 41.3 Å². The Kier molecular flexibility index (Phi) is 3.82. The van der Waals surface area contributed by atoms with Crippen molar-refractivity contribution in [3.63, 3.8) is 0 Å². The second-order valence-corrected chi connectivity index (χ2v) is 5.11. The van der Waals surface area contributed by atoms with E-state index in [1.807, 2.05) is 6.20 Å². The van der Waals surface area contributed by atoms with E-state index >= 15 is 0 Å². The lowest BCUT2D eigenvalue weighted by Crippen LogP contribution is -2.13. The van der Waals surface area contributed by atoms with Gasteiger partial charge in [0.15, 0.2) is 0 Å². The van der Waals surface area contributed by atoms with Gasteiger partial charge in [-0.2, -0.15) is 0 Å². The quantitative estimate of drug-likeness (QED) is 0.867. The molecule has 1 unspecified atom stereocenters. The van der Waals surface area contributed by atoms with Crippen molar-refractivity contribution in [3.8, 4) is 11.3 Å². The van der Waals surface area contributed by atoms with Gasteiger partial charge in [0.05, 0.1) is 11.9 Å². The highest BCUT2D eigenvalue weighted by molar-refractivity contribution is 5.63. The van der Waals surface area contributed by atoms with E-state index in [4.69, 9.17) is 5.73 Å². The predicted molar refractivity (Wildman–Crippen MR) is 75.4 cm³/mol. The van der Waals surface area contributed by atoms with Crippen molar-refractivity contribution in [2.45, 2.75) is 27.2 Å². The van der Waals surface area contributed by atoms with Gasteiger partial charge in [-0.1, -0.05) is 24.6 Å². The first kappa shape index (κ1) is 12.8. The zero-order valence-electron chi connectivity index (χ0n) is 11.3. The van der Waals surface area contributed by atoms with Crippen LogP contribution in [0, 0.1) is 19.8 Å². The van der Waals surface area contributed by atoms with E-state index in [0.717, 1.165) is 17.9 Å². The maximum atomic E-state index is 5.64. The minimum Gasteiger partial charge on any atom is -0.342 e. The van der Waals surface area contributed by atoms with Crippen LogP contribution in [-0.4, -0.2) is 16.5 Å². The first-order valence-corrected chi connectivity index (χ1v) is 6.41. The molecule has 1 aromatic heterocycles. The van der Waals surface area contributed by atoms with Crippen molar-refractivity contribution in [1.82, 2.24) is 9.97 Å². The van der Waals surface area contributed by atoms with Gasteiger partial charge in [-0.25, -0.2) is 4.98 Å². The molecule has 0 bridgehead atoms. The van der Waals surface area contributed by atoms with Gasteiger partial charge in [0.2, 0.25) is 0 Å². The van der Waals surface area contributed by atoms with Crippen LogP contribution in [0.4, 0.5) is 0 Å². The Morgan fingerprint density at radius 1 is 1.33 bits per heavy atom. The fourth-order valence-corrected chi connectivity index (χ4v) is 2.04. The van der Waals surface area contributed by atoms with E-state index in [2.05, 4.69) is 48.9 Å². The van der Waals surface area contributed by atoms with Gasteiger partial charge in [-0.15, -0.1) is 0 Å². The molecule has 1 aromatic carbocycles. The molecule has 0 amide bonds. The highest BCUT2D eigenvalue weighted by Gasteiger charge is 2.08. The molecule has 2 aromatic rings. The SMILES string of the molecule is Cc1ccc(C)c(-c2cnc(CC(C)CN)[nH]2)c1. The number of rotatable bonds is 4. The monoisotopic (exact) mass is 243 g/mol. The summed E-state index contributed by atoms with van der Waals surface area (Å²) < 4.78 is 0. The van der Waals surface area contributed by atoms with Crippen LogP contribution in [0.3, 0.4) is 0 Å². The van der Waals surface area contributed by atoms with Gasteiger partial charge in [-0.05, 0) is 37.9 Å². The highest BCUT2D eigenvalue weighted by atomic mass is 14.9. The second-order valence-electron chi connectivity index (χ2n) is 5.11. The molecule has 0 spiro atoms. The van der Waals surface area contributed by atoms with E-state index < -0.39 is 0 Å². The molecule has 96 valence electrons. The smallest absolute Gasteiger partial charge is 0.106 e. The number of imidazole rings is 1. The van der Waals surface area contributed by atoms with E-state index in [0.29, 0.717) is 12.5 Å². The molecule has 18 heavy (non-hydrogen) atoms. The van der Waals surface area contributed by atoms with E-state index in [9.17, 15) is 0 Å². The van der Waals surface area contributed by atoms with Gasteiger partial charge < -0.3 is 10.7 Å². The third-order valence-electron chi connectivity index (χ3n) is 3.26. The third-order valence-corrected chi connectivity index (χ3v) is 3.26. The molecule has 1 atom stereocenters. The number of hydrogen-bond donors (Lipinski definition) is 2. The summed E-state index contributed by atoms with van der Waals surface area (Å²) in [6, 6.07) is 6.47. The van der Waals surface area contributed by atoms with Crippen LogP contribution < -0.4 is 5.73 Å². The first-order chi connectivity index (χ1) is 8.60. The molecule has 0 saturated heterocycles. The lowest BCUT2D eigenvalue weighted by molar-refractivity contribution is 0.577. The lowest BCUT2D eigenvalue weighted by Gasteiger charge is -2.06. The number of hydrogen-bond acceptors (Lipinski definition) is 2. The molecule has 0 saturated carbocycles. The summed E-state index contributed by atoms with van der Waals surface area (Å²) in [6.07, 6.45) is 2.82. The topological polar surface area (TPSA) is 54.7 Å². The van der Waals surface area contributed by atoms with Gasteiger partial charge in [0.25, 0.3) is 0 Å². The summed E-state index contributed by atoms with van der Waals surface area (Å²) in [7, 11) is 0. The number of nitrogens with one attached hydrogen (secondary N) is 1. The maximum Gasteiger partial charge on any atom is 0.106 e. The zero-order valence-corrected chi connectivity index (χ0v) is 11.3. The third kappa shape index (κ3) is 2.79. The number of benzene rings is 1. The first-order valence-electron chi connectivity index (χ1n) is 6.41. The standard InChI is InChI=1S/C15H21N3/c1-10-4-5-12(3)13(6-10)14-9-17-15(18-14)7-11(2)8-16/h4-6,9,11H,7-8,16H2,1-3H3,(H,17,18). The Hall–Kier alpha value is -1.61. The highest BCUT2D eigenvalue weighted by Crippen LogP contribution is 2.23. The normalized spacial score (nSPS) is 12.7. The van der Waals surface area contributed by atoms with E-state index in [-0.39, 0.29) is 0 Å². The van der Waals surface area contributed by atoms with Gasteiger partial charge in [0, 0.05) is 12.0 Å². The lowest BCUT2D eigenvalue weighted by atomic mass is 10.0. The van der Waals surface area contributed by atoms with Crippen LogP contribution in [0.25, 0.3) is 11.3 Å². The number of aryl methyl sites for hydroxylation is 2. The molecule has 3 nitrogen and oxygen atoms in total. The van der Waals surface area contributed by atoms with Gasteiger partial charge in [0.1, 0.15) is 5.82 Å². The summed E-state index contributed by atoms with van der Waals surface area (Å²) >= 11 is 0. The molecule has 1 heterocycles. The van der Waals surface area contributed by atoms with Crippen LogP contribution in [0.15, 0.2) is 24.4 Å². The van der Waals surface area contributed by atoms with Crippen LogP contribution in [0.2, 0.25) is 0 Å². The minimum absolute atomic E-state index is 0.461. The summed E-state index contributed by atoms with van der Waals surface area (Å²) in [5, 5.41) is 0. The van der Waals surface area contributed by atoms with Gasteiger partial charge >= 0.3 is 0 Å². The summed E-state index contributed by atoms with van der Waals surface area (Å²) in [5.74, 6) is 1.48. The van der Waals surface area contributed by atoms with Crippen LogP contribution >= 0.6 is 0 Å². The molecule has 3 heteroatoms. The maximum absolute atomic E-state index is 5.64. The number of aromatic amines is 1. The van der Waals surface area contributed by atoms with E-state index in [1.54, 1.807) is 0 Å². The van der Waals surface area contributed by atoms with Crippen LogP contribution in [0.1, 0.15) is 23.9 Å². The second kappa shape index (κ2) is 5.36. The molecule has 3 N–H and O–H groups in total. The number of H-pyrrole nitrogens is 1. The molecule has 0 aliphatic heterocycles. The van der Waals surface area contributed by atoms with Crippen molar-refractivity contribution in [1.29, 1.82) is 0 Å². The Labute approximate surface area is 108 Å². The van der Waals surface area contributed by atoms with Crippen molar-refractivity contribution in [2.24, 2.45) is 11.7 Å². The average molecular weight is 243 g/mol. The average Bonchev–Trinajstić information content (AvgIpc) is 2.80.